The number of urea groups is 1. The first-order chi connectivity index (χ1) is 15.5. The highest BCUT2D eigenvalue weighted by atomic mass is 16.4. The molecule has 0 spiro atoms. The molecule has 1 aliphatic heterocycles. The van der Waals surface area contributed by atoms with Crippen molar-refractivity contribution < 1.29 is 48.9 Å². The maximum Gasteiger partial charge on any atom is 0.335 e. The van der Waals surface area contributed by atoms with Crippen LogP contribution in [0.4, 0.5) is 4.79 Å². The minimum absolute atomic E-state index is 0.0922. The van der Waals surface area contributed by atoms with Crippen LogP contribution in [0.2, 0.25) is 0 Å². The summed E-state index contributed by atoms with van der Waals surface area (Å²) in [4.78, 5) is 85.6. The van der Waals surface area contributed by atoms with Gasteiger partial charge in [-0.3, -0.25) is 19.2 Å². The van der Waals surface area contributed by atoms with Crippen molar-refractivity contribution in [2.75, 3.05) is 13.1 Å². The maximum absolute atomic E-state index is 12.8. The standard InChI is InChI=1S/C17H22N6O10/c18-21-20-8-11(24)19-6-2-1-3-9(15(29)30)22-12(25)7-13(26)23(17(22)33)10(16(31)32)4-5-14(27)28/h9-10H,1-8H2,(H,19,24)(H,27,28)(H,29,30)(H,31,32). The molecule has 1 heterocycles. The van der Waals surface area contributed by atoms with Crippen molar-refractivity contribution in [3.05, 3.63) is 10.4 Å². The molecule has 5 amide bonds. The quantitative estimate of drug-likeness (QED) is 0.0835. The molecule has 1 aliphatic rings. The number of hydrogen-bond acceptors (Lipinski definition) is 8. The minimum atomic E-state index is -1.89. The third-order valence-electron chi connectivity index (χ3n) is 4.58. The Balaban J connectivity index is 2.91. The summed E-state index contributed by atoms with van der Waals surface area (Å²) in [6.45, 7) is -0.323. The molecule has 180 valence electrons. The fraction of sp³-hybridized carbons (Fsp3) is 0.588. The first-order valence-corrected chi connectivity index (χ1v) is 9.64. The highest BCUT2D eigenvalue weighted by molar-refractivity contribution is 6.16. The summed E-state index contributed by atoms with van der Waals surface area (Å²) in [6, 6.07) is -5.06. The van der Waals surface area contributed by atoms with Crippen molar-refractivity contribution in [1.82, 2.24) is 15.1 Å². The number of carbonyl (C=O) groups excluding carboxylic acids is 4. The summed E-state index contributed by atoms with van der Waals surface area (Å²) in [5.41, 5.74) is 8.14. The molecule has 33 heavy (non-hydrogen) atoms. The molecule has 2 unspecified atom stereocenters. The molecule has 1 fully saturated rings. The van der Waals surface area contributed by atoms with Crippen LogP contribution in [0.15, 0.2) is 5.11 Å². The molecule has 1 rings (SSSR count). The van der Waals surface area contributed by atoms with Gasteiger partial charge >= 0.3 is 23.9 Å². The Labute approximate surface area is 185 Å². The van der Waals surface area contributed by atoms with Crippen LogP contribution < -0.4 is 5.32 Å². The van der Waals surface area contributed by atoms with E-state index in [4.69, 9.17) is 10.6 Å². The van der Waals surface area contributed by atoms with Crippen LogP contribution in [-0.4, -0.2) is 92.0 Å². The van der Waals surface area contributed by atoms with Crippen molar-refractivity contribution in [3.8, 4) is 0 Å². The Morgan fingerprint density at radius 1 is 0.970 bits per heavy atom. The molecular weight excluding hydrogens is 448 g/mol. The summed E-state index contributed by atoms with van der Waals surface area (Å²) in [7, 11) is 0. The van der Waals surface area contributed by atoms with Gasteiger partial charge in [-0.1, -0.05) is 5.11 Å². The van der Waals surface area contributed by atoms with Gasteiger partial charge in [-0.15, -0.1) is 0 Å². The molecule has 1 saturated heterocycles. The van der Waals surface area contributed by atoms with Crippen LogP contribution in [0.3, 0.4) is 0 Å². The van der Waals surface area contributed by atoms with Gasteiger partial charge in [0.15, 0.2) is 0 Å². The number of azide groups is 1. The number of carbonyl (C=O) groups is 7. The van der Waals surface area contributed by atoms with E-state index in [2.05, 4.69) is 15.3 Å². The largest absolute Gasteiger partial charge is 0.481 e. The molecule has 0 aromatic heterocycles. The van der Waals surface area contributed by atoms with Crippen LogP contribution in [-0.2, 0) is 28.8 Å². The van der Waals surface area contributed by atoms with Crippen molar-refractivity contribution in [3.63, 3.8) is 0 Å². The minimum Gasteiger partial charge on any atom is -0.481 e. The zero-order chi connectivity index (χ0) is 25.1. The number of nitrogens with zero attached hydrogens (tertiary/aromatic N) is 5. The average molecular weight is 470 g/mol. The number of rotatable bonds is 14. The van der Waals surface area contributed by atoms with Gasteiger partial charge in [-0.25, -0.2) is 24.2 Å². The zero-order valence-corrected chi connectivity index (χ0v) is 17.2. The van der Waals surface area contributed by atoms with Gasteiger partial charge in [0.05, 0.1) is 0 Å². The lowest BCUT2D eigenvalue weighted by molar-refractivity contribution is -0.158. The third kappa shape index (κ3) is 7.77. The lowest BCUT2D eigenvalue weighted by atomic mass is 10.0. The number of imide groups is 2. The molecular formula is C17H22N6O10. The zero-order valence-electron chi connectivity index (χ0n) is 17.2. The van der Waals surface area contributed by atoms with E-state index >= 15 is 0 Å². The predicted octanol–water partition coefficient (Wildman–Crippen LogP) is -0.465. The van der Waals surface area contributed by atoms with Gasteiger partial charge in [0.25, 0.3) is 0 Å². The van der Waals surface area contributed by atoms with Gasteiger partial charge in [-0.2, -0.15) is 0 Å². The summed E-state index contributed by atoms with van der Waals surface area (Å²) >= 11 is 0. The number of unbranched alkanes of at least 4 members (excludes halogenated alkanes) is 1. The fourth-order valence-corrected chi connectivity index (χ4v) is 3.07. The number of carboxylic acids is 3. The summed E-state index contributed by atoms with van der Waals surface area (Å²) in [5, 5.41) is 33.1. The predicted molar refractivity (Wildman–Crippen MR) is 104 cm³/mol. The molecule has 16 heteroatoms. The molecule has 0 radical (unpaired) electrons. The molecule has 2 atom stereocenters. The Bertz CT molecular complexity index is 884. The van der Waals surface area contributed by atoms with E-state index in [9.17, 15) is 43.8 Å². The van der Waals surface area contributed by atoms with E-state index in [0.717, 1.165) is 0 Å². The highest BCUT2D eigenvalue weighted by Gasteiger charge is 2.48. The van der Waals surface area contributed by atoms with E-state index in [1.54, 1.807) is 0 Å². The molecule has 4 N–H and O–H groups in total. The van der Waals surface area contributed by atoms with Gasteiger partial charge in [-0.05, 0) is 31.2 Å². The molecule has 16 nitrogen and oxygen atoms in total. The smallest absolute Gasteiger partial charge is 0.335 e. The molecule has 0 aromatic carbocycles. The van der Waals surface area contributed by atoms with E-state index in [-0.39, 0.29) is 30.7 Å². The second-order valence-electron chi connectivity index (χ2n) is 6.86. The Morgan fingerprint density at radius 3 is 2.00 bits per heavy atom. The van der Waals surface area contributed by atoms with E-state index in [1.165, 1.54) is 0 Å². The van der Waals surface area contributed by atoms with Crippen molar-refractivity contribution in [2.45, 2.75) is 50.6 Å². The van der Waals surface area contributed by atoms with Crippen molar-refractivity contribution in [2.24, 2.45) is 5.11 Å². The summed E-state index contributed by atoms with van der Waals surface area (Å²) in [5.74, 6) is -7.49. The molecule has 0 aromatic rings. The Morgan fingerprint density at radius 2 is 1.52 bits per heavy atom. The average Bonchev–Trinajstić information content (AvgIpc) is 2.71. The monoisotopic (exact) mass is 470 g/mol. The number of barbiturate groups is 1. The van der Waals surface area contributed by atoms with Crippen LogP contribution in [0.25, 0.3) is 10.4 Å². The van der Waals surface area contributed by atoms with Gasteiger partial charge in [0, 0.05) is 17.9 Å². The van der Waals surface area contributed by atoms with Crippen LogP contribution in [0.5, 0.6) is 0 Å². The Hall–Kier alpha value is -4.20. The normalized spacial score (nSPS) is 15.5. The van der Waals surface area contributed by atoms with Crippen molar-refractivity contribution in [1.29, 1.82) is 0 Å². The van der Waals surface area contributed by atoms with E-state index < -0.39 is 79.6 Å². The van der Waals surface area contributed by atoms with E-state index in [1.807, 2.05) is 0 Å². The second kappa shape index (κ2) is 12.6. The summed E-state index contributed by atoms with van der Waals surface area (Å²) < 4.78 is 0. The first-order valence-electron chi connectivity index (χ1n) is 9.64. The number of nitrogens with one attached hydrogen (secondary N) is 1. The Kier molecular flexibility index (Phi) is 10.3. The maximum atomic E-state index is 12.8. The third-order valence-corrected chi connectivity index (χ3v) is 4.58. The topological polar surface area (TPSA) is 247 Å². The number of aliphatic carboxylic acids is 3. The van der Waals surface area contributed by atoms with Crippen LogP contribution >= 0.6 is 0 Å². The molecule has 0 aliphatic carbocycles. The van der Waals surface area contributed by atoms with Gasteiger partial charge in [0.2, 0.25) is 17.7 Å². The second-order valence-corrected chi connectivity index (χ2v) is 6.86. The lowest BCUT2D eigenvalue weighted by Gasteiger charge is -2.38. The van der Waals surface area contributed by atoms with Gasteiger partial charge < -0.3 is 20.6 Å². The van der Waals surface area contributed by atoms with Crippen LogP contribution in [0.1, 0.15) is 38.5 Å². The van der Waals surface area contributed by atoms with Crippen molar-refractivity contribution >= 4 is 41.7 Å². The number of hydrogen-bond donors (Lipinski definition) is 4. The fourth-order valence-electron chi connectivity index (χ4n) is 3.07. The lowest BCUT2D eigenvalue weighted by Crippen LogP contribution is -2.63. The SMILES string of the molecule is [N-]=[N+]=NCC(=O)NCCCCC(C(=O)O)N1C(=O)CC(=O)N(C(CCC(=O)O)C(=O)O)C1=O. The number of carboxylic acid groups (broad SMARTS) is 3. The highest BCUT2D eigenvalue weighted by Crippen LogP contribution is 2.23. The molecule has 0 bridgehead atoms. The van der Waals surface area contributed by atoms with Gasteiger partial charge in [0.1, 0.15) is 25.0 Å². The van der Waals surface area contributed by atoms with E-state index in [0.29, 0.717) is 4.90 Å². The molecule has 0 saturated carbocycles. The number of amides is 5. The first kappa shape index (κ1) is 26.8. The summed E-state index contributed by atoms with van der Waals surface area (Å²) in [6.07, 6.45) is -2.17. The van der Waals surface area contributed by atoms with Crippen LogP contribution in [0, 0.1) is 0 Å².